The van der Waals surface area contributed by atoms with E-state index >= 15 is 0 Å². The lowest BCUT2D eigenvalue weighted by Crippen LogP contribution is -2.34. The van der Waals surface area contributed by atoms with Crippen molar-refractivity contribution in [3.63, 3.8) is 0 Å². The second-order valence-electron chi connectivity index (χ2n) is 5.99. The molecule has 0 aliphatic heterocycles. The summed E-state index contributed by atoms with van der Waals surface area (Å²) in [6, 6.07) is 9.59. The van der Waals surface area contributed by atoms with E-state index in [0.29, 0.717) is 0 Å². The van der Waals surface area contributed by atoms with Gasteiger partial charge in [0.1, 0.15) is 10.1 Å². The Hall–Kier alpha value is -0.743. The van der Waals surface area contributed by atoms with E-state index in [1.807, 2.05) is 18.3 Å². The summed E-state index contributed by atoms with van der Waals surface area (Å²) < 4.78 is 6.62. The molecule has 0 aliphatic carbocycles. The summed E-state index contributed by atoms with van der Waals surface area (Å²) in [5.74, 6) is 0. The van der Waals surface area contributed by atoms with Crippen LogP contribution in [0.5, 0.6) is 0 Å². The first-order valence-corrected chi connectivity index (χ1v) is 12.5. The van der Waals surface area contributed by atoms with E-state index in [-0.39, 0.29) is 0 Å². The third-order valence-electron chi connectivity index (χ3n) is 4.46. The van der Waals surface area contributed by atoms with Crippen molar-refractivity contribution in [1.29, 1.82) is 0 Å². The fraction of sp³-hybridized carbons (Fsp3) is 0.632. The fourth-order valence-electron chi connectivity index (χ4n) is 2.59. The Labute approximate surface area is 148 Å². The zero-order valence-corrected chi connectivity index (χ0v) is 17.1. The standard InChI is InChI=1S/C19H33NOSSi/c1-5-9-10-11-12-16-19(21-23(6-2,7-3)8-4)22-18-15-13-14-17-20-18/h13-17H,5-12H2,1-4H3/b19-16+. The zero-order valence-electron chi connectivity index (χ0n) is 15.3. The predicted molar refractivity (Wildman–Crippen MR) is 105 cm³/mol. The smallest absolute Gasteiger partial charge is 0.251 e. The van der Waals surface area contributed by atoms with Crippen LogP contribution in [0.15, 0.2) is 40.6 Å². The van der Waals surface area contributed by atoms with Crippen LogP contribution in [0.25, 0.3) is 0 Å². The molecule has 0 aliphatic rings. The number of nitrogens with zero attached hydrogens (tertiary/aromatic N) is 1. The second kappa shape index (κ2) is 11.7. The third kappa shape index (κ3) is 7.58. The summed E-state index contributed by atoms with van der Waals surface area (Å²) in [5.41, 5.74) is 0. The van der Waals surface area contributed by atoms with Gasteiger partial charge in [-0.05, 0) is 60.9 Å². The van der Waals surface area contributed by atoms with Gasteiger partial charge in [-0.3, -0.25) is 0 Å². The molecule has 130 valence electrons. The molecule has 0 aromatic carbocycles. The molecule has 1 aromatic heterocycles. The Morgan fingerprint density at radius 3 is 2.39 bits per heavy atom. The molecule has 0 saturated heterocycles. The number of hydrogen-bond acceptors (Lipinski definition) is 3. The van der Waals surface area contributed by atoms with Crippen molar-refractivity contribution in [2.75, 3.05) is 0 Å². The third-order valence-corrected chi connectivity index (χ3v) is 10.0. The Morgan fingerprint density at radius 1 is 1.09 bits per heavy atom. The Kier molecular flexibility index (Phi) is 10.4. The monoisotopic (exact) mass is 351 g/mol. The second-order valence-corrected chi connectivity index (χ2v) is 11.7. The number of thioether (sulfide) groups is 1. The van der Waals surface area contributed by atoms with Gasteiger partial charge in [0.2, 0.25) is 0 Å². The zero-order chi connectivity index (χ0) is 17.0. The molecule has 0 atom stereocenters. The van der Waals surface area contributed by atoms with E-state index in [0.717, 1.165) is 16.5 Å². The highest BCUT2D eigenvalue weighted by Gasteiger charge is 2.31. The van der Waals surface area contributed by atoms with Gasteiger partial charge in [0.25, 0.3) is 8.32 Å². The molecule has 0 N–H and O–H groups in total. The highest BCUT2D eigenvalue weighted by atomic mass is 32.2. The molecular weight excluding hydrogens is 318 g/mol. The predicted octanol–water partition coefficient (Wildman–Crippen LogP) is 7.01. The van der Waals surface area contributed by atoms with Crippen LogP contribution in [0, 0.1) is 0 Å². The van der Waals surface area contributed by atoms with Crippen molar-refractivity contribution in [2.24, 2.45) is 0 Å². The molecule has 23 heavy (non-hydrogen) atoms. The summed E-state index contributed by atoms with van der Waals surface area (Å²) >= 11 is 1.69. The van der Waals surface area contributed by atoms with Crippen LogP contribution in [0.4, 0.5) is 0 Å². The van der Waals surface area contributed by atoms with Crippen LogP contribution >= 0.6 is 11.8 Å². The van der Waals surface area contributed by atoms with Crippen LogP contribution < -0.4 is 0 Å². The molecule has 0 unspecified atom stereocenters. The first kappa shape index (κ1) is 20.3. The highest BCUT2D eigenvalue weighted by Crippen LogP contribution is 2.33. The number of pyridine rings is 1. The van der Waals surface area contributed by atoms with Crippen LogP contribution in [0.1, 0.15) is 59.8 Å². The summed E-state index contributed by atoms with van der Waals surface area (Å²) in [5, 5.41) is 2.11. The van der Waals surface area contributed by atoms with Gasteiger partial charge in [-0.15, -0.1) is 0 Å². The van der Waals surface area contributed by atoms with Crippen molar-refractivity contribution >= 4 is 20.1 Å². The molecule has 4 heteroatoms. The Morgan fingerprint density at radius 2 is 1.83 bits per heavy atom. The molecule has 1 aromatic rings. The van der Waals surface area contributed by atoms with Crippen molar-refractivity contribution in [3.05, 3.63) is 35.6 Å². The molecule has 2 nitrogen and oxygen atoms in total. The van der Waals surface area contributed by atoms with E-state index in [9.17, 15) is 0 Å². The minimum Gasteiger partial charge on any atom is -0.539 e. The minimum absolute atomic E-state index is 1.03. The number of hydrogen-bond donors (Lipinski definition) is 0. The van der Waals surface area contributed by atoms with Crippen LogP contribution in [0.3, 0.4) is 0 Å². The van der Waals surface area contributed by atoms with Crippen LogP contribution in [-0.4, -0.2) is 13.3 Å². The molecule has 0 bridgehead atoms. The normalized spacial score (nSPS) is 12.4. The van der Waals surface area contributed by atoms with Gasteiger partial charge in [-0.25, -0.2) is 4.98 Å². The van der Waals surface area contributed by atoms with Gasteiger partial charge in [-0.1, -0.05) is 53.0 Å². The van der Waals surface area contributed by atoms with Gasteiger partial charge in [-0.2, -0.15) is 0 Å². The van der Waals surface area contributed by atoms with Gasteiger partial charge < -0.3 is 4.43 Å². The summed E-state index contributed by atoms with van der Waals surface area (Å²) in [6.45, 7) is 9.10. The Balaban J connectivity index is 2.76. The molecule has 1 rings (SSSR count). The maximum Gasteiger partial charge on any atom is 0.251 e. The summed E-state index contributed by atoms with van der Waals surface area (Å²) in [6.07, 6.45) is 10.4. The topological polar surface area (TPSA) is 22.1 Å². The van der Waals surface area contributed by atoms with E-state index in [4.69, 9.17) is 4.43 Å². The molecule has 0 spiro atoms. The average Bonchev–Trinajstić information content (AvgIpc) is 2.60. The lowest BCUT2D eigenvalue weighted by atomic mass is 10.1. The molecular formula is C19H33NOSSi. The summed E-state index contributed by atoms with van der Waals surface area (Å²) in [4.78, 5) is 4.44. The lowest BCUT2D eigenvalue weighted by Gasteiger charge is -2.30. The van der Waals surface area contributed by atoms with Crippen LogP contribution in [-0.2, 0) is 4.43 Å². The van der Waals surface area contributed by atoms with E-state index < -0.39 is 8.32 Å². The number of aromatic nitrogens is 1. The van der Waals surface area contributed by atoms with Crippen molar-refractivity contribution in [3.8, 4) is 0 Å². The van der Waals surface area contributed by atoms with E-state index in [2.05, 4.69) is 44.8 Å². The van der Waals surface area contributed by atoms with Gasteiger partial charge in [0.15, 0.2) is 0 Å². The maximum atomic E-state index is 6.62. The van der Waals surface area contributed by atoms with Gasteiger partial charge in [0, 0.05) is 6.20 Å². The van der Waals surface area contributed by atoms with Crippen LogP contribution in [0.2, 0.25) is 18.1 Å². The van der Waals surface area contributed by atoms with Crippen molar-refractivity contribution in [2.45, 2.75) is 83.0 Å². The average molecular weight is 352 g/mol. The fourth-order valence-corrected chi connectivity index (χ4v) is 6.39. The lowest BCUT2D eigenvalue weighted by molar-refractivity contribution is 0.440. The number of unbranched alkanes of at least 4 members (excludes halogenated alkanes) is 4. The van der Waals surface area contributed by atoms with Gasteiger partial charge in [0.05, 0.1) is 0 Å². The van der Waals surface area contributed by atoms with Crippen molar-refractivity contribution in [1.82, 2.24) is 4.98 Å². The molecule has 0 radical (unpaired) electrons. The SMILES string of the molecule is CCCCCC/C=C(\O[Si](CC)(CC)CC)Sc1ccccn1. The molecule has 1 heterocycles. The Bertz CT molecular complexity index is 438. The first-order valence-electron chi connectivity index (χ1n) is 9.17. The highest BCUT2D eigenvalue weighted by molar-refractivity contribution is 8.02. The molecule has 0 fully saturated rings. The summed E-state index contributed by atoms with van der Waals surface area (Å²) in [7, 11) is -1.63. The number of allylic oxidation sites excluding steroid dienone is 1. The van der Waals surface area contributed by atoms with Crippen molar-refractivity contribution < 1.29 is 4.43 Å². The number of rotatable bonds is 12. The van der Waals surface area contributed by atoms with E-state index in [1.165, 1.54) is 43.8 Å². The minimum atomic E-state index is -1.63. The quantitative estimate of drug-likeness (QED) is 0.175. The van der Waals surface area contributed by atoms with Gasteiger partial charge >= 0.3 is 0 Å². The maximum absolute atomic E-state index is 6.62. The molecule has 0 saturated carbocycles. The largest absolute Gasteiger partial charge is 0.539 e. The van der Waals surface area contributed by atoms with E-state index in [1.54, 1.807) is 11.8 Å². The molecule has 0 amide bonds. The first-order chi connectivity index (χ1) is 11.2.